The molecule has 0 spiro atoms. The van der Waals surface area contributed by atoms with Gasteiger partial charge in [-0.25, -0.2) is 0 Å². The number of carbonyl (C=O) groups is 1. The molecule has 0 radical (unpaired) electrons. The molecule has 1 aliphatic heterocycles. The number of rotatable bonds is 5. The normalized spacial score (nSPS) is 29.6. The summed E-state index contributed by atoms with van der Waals surface area (Å²) < 4.78 is 0. The molecule has 1 heterocycles. The van der Waals surface area contributed by atoms with Crippen LogP contribution in [0.3, 0.4) is 0 Å². The SMILES string of the molecule is O=C(NC1(CN2CCC2)CC1)[C@@H]1C[C@H]1c1ccccc1Cl. The Kier molecular flexibility index (Phi) is 3.23. The van der Waals surface area contributed by atoms with Gasteiger partial charge in [-0.05, 0) is 56.3 Å². The Hall–Kier alpha value is -1.06. The molecule has 1 aromatic carbocycles. The molecule has 2 atom stereocenters. The molecule has 2 saturated carbocycles. The van der Waals surface area contributed by atoms with E-state index in [2.05, 4.69) is 10.2 Å². The van der Waals surface area contributed by atoms with Crippen molar-refractivity contribution in [3.8, 4) is 0 Å². The van der Waals surface area contributed by atoms with E-state index in [1.807, 2.05) is 24.3 Å². The molecule has 0 bridgehead atoms. The van der Waals surface area contributed by atoms with E-state index in [-0.39, 0.29) is 17.4 Å². The first-order valence-electron chi connectivity index (χ1n) is 7.96. The zero-order chi connectivity index (χ0) is 14.4. The fourth-order valence-electron chi connectivity index (χ4n) is 3.40. The molecule has 21 heavy (non-hydrogen) atoms. The summed E-state index contributed by atoms with van der Waals surface area (Å²) in [4.78, 5) is 14.9. The Balaban J connectivity index is 1.36. The van der Waals surface area contributed by atoms with E-state index in [1.54, 1.807) is 0 Å². The Labute approximate surface area is 130 Å². The number of nitrogens with one attached hydrogen (secondary N) is 1. The van der Waals surface area contributed by atoms with Crippen molar-refractivity contribution in [1.82, 2.24) is 10.2 Å². The smallest absolute Gasteiger partial charge is 0.224 e. The highest BCUT2D eigenvalue weighted by Gasteiger charge is 2.51. The third kappa shape index (κ3) is 2.69. The van der Waals surface area contributed by atoms with Gasteiger partial charge in [0, 0.05) is 17.5 Å². The minimum absolute atomic E-state index is 0.0884. The van der Waals surface area contributed by atoms with Crippen LogP contribution in [0.15, 0.2) is 24.3 Å². The third-order valence-corrected chi connectivity index (χ3v) is 5.49. The standard InChI is InChI=1S/C17H21ClN2O/c18-15-5-2-1-4-12(15)13-10-14(13)16(21)19-17(6-7-17)11-20-8-3-9-20/h1-2,4-5,13-14H,3,6-11H2,(H,19,21)/t13-,14+/m0/s1. The largest absolute Gasteiger partial charge is 0.349 e. The van der Waals surface area contributed by atoms with Gasteiger partial charge in [-0.1, -0.05) is 29.8 Å². The number of halogens is 1. The third-order valence-electron chi connectivity index (χ3n) is 5.15. The van der Waals surface area contributed by atoms with E-state index >= 15 is 0 Å². The predicted molar refractivity (Wildman–Crippen MR) is 83.5 cm³/mol. The lowest BCUT2D eigenvalue weighted by molar-refractivity contribution is -0.123. The first kappa shape index (κ1) is 13.6. The average molecular weight is 305 g/mol. The van der Waals surface area contributed by atoms with E-state index < -0.39 is 0 Å². The maximum Gasteiger partial charge on any atom is 0.224 e. The lowest BCUT2D eigenvalue weighted by Crippen LogP contribution is -2.50. The Morgan fingerprint density at radius 3 is 2.71 bits per heavy atom. The van der Waals surface area contributed by atoms with E-state index in [9.17, 15) is 4.79 Å². The van der Waals surface area contributed by atoms with Crippen LogP contribution in [0, 0.1) is 5.92 Å². The Morgan fingerprint density at radius 2 is 2.10 bits per heavy atom. The zero-order valence-electron chi connectivity index (χ0n) is 12.1. The number of carbonyl (C=O) groups excluding carboxylic acids is 1. The summed E-state index contributed by atoms with van der Waals surface area (Å²) in [5.41, 5.74) is 1.22. The molecule has 1 N–H and O–H groups in total. The fourth-order valence-corrected chi connectivity index (χ4v) is 3.68. The molecule has 1 amide bonds. The van der Waals surface area contributed by atoms with Gasteiger partial charge in [0.05, 0.1) is 5.54 Å². The van der Waals surface area contributed by atoms with Crippen LogP contribution in [0.1, 0.15) is 37.2 Å². The fraction of sp³-hybridized carbons (Fsp3) is 0.588. The van der Waals surface area contributed by atoms with Gasteiger partial charge in [0.1, 0.15) is 0 Å². The molecule has 3 aliphatic rings. The van der Waals surface area contributed by atoms with Crippen molar-refractivity contribution >= 4 is 17.5 Å². The zero-order valence-corrected chi connectivity index (χ0v) is 12.9. The number of benzene rings is 1. The van der Waals surface area contributed by atoms with Crippen LogP contribution in [-0.4, -0.2) is 36.0 Å². The summed E-state index contributed by atoms with van der Waals surface area (Å²) in [6.07, 6.45) is 4.52. The van der Waals surface area contributed by atoms with Crippen LogP contribution < -0.4 is 5.32 Å². The molecule has 4 heteroatoms. The summed E-state index contributed by atoms with van der Waals surface area (Å²) in [6.45, 7) is 3.44. The maximum absolute atomic E-state index is 12.5. The Bertz CT molecular complexity index is 566. The summed E-state index contributed by atoms with van der Waals surface area (Å²) in [5.74, 6) is 0.676. The van der Waals surface area contributed by atoms with Crippen molar-refractivity contribution in [2.24, 2.45) is 5.92 Å². The van der Waals surface area contributed by atoms with Crippen LogP contribution in [0.5, 0.6) is 0 Å². The second-order valence-electron chi connectivity index (χ2n) is 6.87. The van der Waals surface area contributed by atoms with Gasteiger partial charge in [0.2, 0.25) is 5.91 Å². The highest BCUT2D eigenvalue weighted by atomic mass is 35.5. The van der Waals surface area contributed by atoms with Gasteiger partial charge < -0.3 is 10.2 Å². The quantitative estimate of drug-likeness (QED) is 0.907. The van der Waals surface area contributed by atoms with Crippen molar-refractivity contribution in [1.29, 1.82) is 0 Å². The van der Waals surface area contributed by atoms with Crippen molar-refractivity contribution in [3.05, 3.63) is 34.9 Å². The Morgan fingerprint density at radius 1 is 1.33 bits per heavy atom. The molecule has 1 aromatic rings. The molecule has 4 rings (SSSR count). The number of likely N-dealkylation sites (tertiary alicyclic amines) is 1. The second-order valence-corrected chi connectivity index (χ2v) is 7.28. The topological polar surface area (TPSA) is 32.3 Å². The van der Waals surface area contributed by atoms with Gasteiger partial charge >= 0.3 is 0 Å². The van der Waals surface area contributed by atoms with Crippen molar-refractivity contribution in [2.75, 3.05) is 19.6 Å². The summed E-state index contributed by atoms with van der Waals surface area (Å²) >= 11 is 6.23. The number of hydrogen-bond donors (Lipinski definition) is 1. The van der Waals surface area contributed by atoms with Crippen LogP contribution in [0.2, 0.25) is 5.02 Å². The number of nitrogens with zero attached hydrogens (tertiary/aromatic N) is 1. The van der Waals surface area contributed by atoms with E-state index in [0.29, 0.717) is 5.92 Å². The lowest BCUT2D eigenvalue weighted by atomic mass is 10.1. The molecule has 3 nitrogen and oxygen atoms in total. The number of amides is 1. The lowest BCUT2D eigenvalue weighted by Gasteiger charge is -2.34. The molecular weight excluding hydrogens is 284 g/mol. The average Bonchev–Trinajstić information content (AvgIpc) is 3.30. The first-order valence-corrected chi connectivity index (χ1v) is 8.33. The molecular formula is C17H21ClN2O. The number of hydrogen-bond acceptors (Lipinski definition) is 2. The van der Waals surface area contributed by atoms with Crippen molar-refractivity contribution in [2.45, 2.75) is 37.1 Å². The summed E-state index contributed by atoms with van der Waals surface area (Å²) in [5, 5.41) is 4.12. The van der Waals surface area contributed by atoms with Crippen LogP contribution in [0.25, 0.3) is 0 Å². The second kappa shape index (κ2) is 4.99. The van der Waals surface area contributed by atoms with E-state index in [1.165, 1.54) is 19.5 Å². The highest BCUT2D eigenvalue weighted by molar-refractivity contribution is 6.31. The first-order chi connectivity index (χ1) is 10.2. The molecule has 3 fully saturated rings. The van der Waals surface area contributed by atoms with Crippen LogP contribution in [-0.2, 0) is 4.79 Å². The molecule has 0 aromatic heterocycles. The molecule has 1 saturated heterocycles. The highest BCUT2D eigenvalue weighted by Crippen LogP contribution is 2.50. The van der Waals surface area contributed by atoms with Gasteiger partial charge in [-0.15, -0.1) is 0 Å². The van der Waals surface area contributed by atoms with Gasteiger partial charge in [0.25, 0.3) is 0 Å². The monoisotopic (exact) mass is 304 g/mol. The van der Waals surface area contributed by atoms with Gasteiger partial charge in [0.15, 0.2) is 0 Å². The minimum Gasteiger partial charge on any atom is -0.349 e. The van der Waals surface area contributed by atoms with Crippen LogP contribution >= 0.6 is 11.6 Å². The van der Waals surface area contributed by atoms with Crippen molar-refractivity contribution in [3.63, 3.8) is 0 Å². The summed E-state index contributed by atoms with van der Waals surface area (Å²) in [6, 6.07) is 7.90. The van der Waals surface area contributed by atoms with E-state index in [4.69, 9.17) is 11.6 Å². The minimum atomic E-state index is 0.0884. The van der Waals surface area contributed by atoms with Crippen molar-refractivity contribution < 1.29 is 4.79 Å². The molecule has 112 valence electrons. The molecule has 0 unspecified atom stereocenters. The van der Waals surface area contributed by atoms with Gasteiger partial charge in [-0.3, -0.25) is 4.79 Å². The molecule has 2 aliphatic carbocycles. The van der Waals surface area contributed by atoms with Crippen LogP contribution in [0.4, 0.5) is 0 Å². The predicted octanol–water partition coefficient (Wildman–Crippen LogP) is 2.80. The summed E-state index contributed by atoms with van der Waals surface area (Å²) in [7, 11) is 0. The maximum atomic E-state index is 12.5. The van der Waals surface area contributed by atoms with Gasteiger partial charge in [-0.2, -0.15) is 0 Å². The van der Waals surface area contributed by atoms with E-state index in [0.717, 1.165) is 36.4 Å².